The molecule has 0 aromatic rings. The first-order valence-corrected chi connectivity index (χ1v) is 3.68. The number of halogens is 1. The lowest BCUT2D eigenvalue weighted by atomic mass is 10.2. The number of carboxylic acids is 2. The standard InChI is InChI=1S/C5H6O4.C2H5Cl/c1-3(5(8)9)2-4(6)7;1-2-3/h1-2H2,(H,6,7)(H,8,9);2H2,1H3. The van der Waals surface area contributed by atoms with Crippen LogP contribution in [0, 0.1) is 0 Å². The summed E-state index contributed by atoms with van der Waals surface area (Å²) in [7, 11) is 0. The van der Waals surface area contributed by atoms with Crippen molar-refractivity contribution in [1.82, 2.24) is 0 Å². The van der Waals surface area contributed by atoms with E-state index in [1.54, 1.807) is 0 Å². The lowest BCUT2D eigenvalue weighted by Gasteiger charge is -1.91. The van der Waals surface area contributed by atoms with Crippen LogP contribution in [-0.2, 0) is 9.59 Å². The van der Waals surface area contributed by atoms with Gasteiger partial charge in [-0.1, -0.05) is 13.5 Å². The van der Waals surface area contributed by atoms with E-state index in [4.69, 9.17) is 21.8 Å². The summed E-state index contributed by atoms with van der Waals surface area (Å²) in [5.74, 6) is -1.72. The molecule has 0 atom stereocenters. The van der Waals surface area contributed by atoms with Crippen LogP contribution >= 0.6 is 11.6 Å². The molecule has 0 aliphatic rings. The molecule has 0 bridgehead atoms. The minimum Gasteiger partial charge on any atom is -0.481 e. The van der Waals surface area contributed by atoms with Gasteiger partial charge in [-0.15, -0.1) is 11.6 Å². The van der Waals surface area contributed by atoms with Crippen molar-refractivity contribution in [1.29, 1.82) is 0 Å². The molecule has 0 aromatic carbocycles. The number of hydrogen-bond donors (Lipinski definition) is 2. The quantitative estimate of drug-likeness (QED) is 0.525. The van der Waals surface area contributed by atoms with Gasteiger partial charge in [0.1, 0.15) is 0 Å². The highest BCUT2D eigenvalue weighted by Crippen LogP contribution is 1.95. The molecule has 0 saturated carbocycles. The van der Waals surface area contributed by atoms with Crippen LogP contribution in [0.4, 0.5) is 0 Å². The molecule has 0 heterocycles. The van der Waals surface area contributed by atoms with Gasteiger partial charge in [-0.2, -0.15) is 0 Å². The first kappa shape index (κ1) is 13.6. The maximum Gasteiger partial charge on any atom is 0.331 e. The molecule has 2 N–H and O–H groups in total. The van der Waals surface area contributed by atoms with Crippen LogP contribution in [0.5, 0.6) is 0 Å². The predicted octanol–water partition coefficient (Wildman–Crippen LogP) is 1.35. The number of carboxylic acid groups (broad SMARTS) is 2. The number of hydrogen-bond acceptors (Lipinski definition) is 2. The van der Waals surface area contributed by atoms with Crippen LogP contribution in [0.1, 0.15) is 13.3 Å². The van der Waals surface area contributed by atoms with Crippen molar-refractivity contribution in [2.75, 3.05) is 5.88 Å². The van der Waals surface area contributed by atoms with Crippen molar-refractivity contribution in [2.45, 2.75) is 13.3 Å². The van der Waals surface area contributed by atoms with Crippen molar-refractivity contribution in [3.05, 3.63) is 12.2 Å². The Morgan fingerprint density at radius 1 is 1.42 bits per heavy atom. The van der Waals surface area contributed by atoms with Crippen molar-refractivity contribution in [3.8, 4) is 0 Å². The first-order chi connectivity index (χ1) is 5.45. The van der Waals surface area contributed by atoms with E-state index in [1.165, 1.54) is 0 Å². The Hall–Kier alpha value is -1.03. The monoisotopic (exact) mass is 194 g/mol. The number of carbonyl (C=O) groups is 2. The number of aliphatic carboxylic acids is 2. The average Bonchev–Trinajstić information content (AvgIpc) is 1.87. The van der Waals surface area contributed by atoms with Gasteiger partial charge < -0.3 is 10.2 Å². The molecule has 0 spiro atoms. The molecular formula is C7H11ClO4. The fraction of sp³-hybridized carbons (Fsp3) is 0.429. The van der Waals surface area contributed by atoms with E-state index in [9.17, 15) is 9.59 Å². The minimum absolute atomic E-state index is 0.303. The Kier molecular flexibility index (Phi) is 9.11. The van der Waals surface area contributed by atoms with Crippen molar-refractivity contribution in [3.63, 3.8) is 0 Å². The van der Waals surface area contributed by atoms with Gasteiger partial charge in [0.15, 0.2) is 0 Å². The van der Waals surface area contributed by atoms with Crippen LogP contribution in [-0.4, -0.2) is 28.0 Å². The first-order valence-electron chi connectivity index (χ1n) is 3.14. The van der Waals surface area contributed by atoms with Gasteiger partial charge in [-0.25, -0.2) is 4.79 Å². The number of alkyl halides is 1. The van der Waals surface area contributed by atoms with Crippen LogP contribution < -0.4 is 0 Å². The van der Waals surface area contributed by atoms with E-state index in [0.717, 1.165) is 5.88 Å². The highest BCUT2D eigenvalue weighted by Gasteiger charge is 2.07. The van der Waals surface area contributed by atoms with Crippen molar-refractivity contribution < 1.29 is 19.8 Å². The summed E-state index contributed by atoms with van der Waals surface area (Å²) < 4.78 is 0. The maximum absolute atomic E-state index is 9.87. The molecule has 70 valence electrons. The minimum atomic E-state index is -1.27. The van der Waals surface area contributed by atoms with Crippen LogP contribution in [0.15, 0.2) is 12.2 Å². The maximum atomic E-state index is 9.87. The summed E-state index contributed by atoms with van der Waals surface area (Å²) in [5, 5.41) is 16.1. The van der Waals surface area contributed by atoms with Gasteiger partial charge >= 0.3 is 11.9 Å². The largest absolute Gasteiger partial charge is 0.481 e. The Balaban J connectivity index is 0. The third-order valence-corrected chi connectivity index (χ3v) is 0.667. The van der Waals surface area contributed by atoms with E-state index in [-0.39, 0.29) is 5.57 Å². The van der Waals surface area contributed by atoms with Crippen molar-refractivity contribution in [2.24, 2.45) is 0 Å². The molecule has 5 heteroatoms. The summed E-state index contributed by atoms with van der Waals surface area (Å²) in [5.41, 5.74) is -0.303. The Labute approximate surface area is 75.5 Å². The molecular weight excluding hydrogens is 184 g/mol. The Morgan fingerprint density at radius 3 is 1.83 bits per heavy atom. The summed E-state index contributed by atoms with van der Waals surface area (Å²) in [6, 6.07) is 0. The second-order valence-corrected chi connectivity index (χ2v) is 2.28. The molecule has 12 heavy (non-hydrogen) atoms. The highest BCUT2D eigenvalue weighted by atomic mass is 35.5. The third kappa shape index (κ3) is 11.7. The molecule has 0 saturated heterocycles. The zero-order chi connectivity index (χ0) is 10.1. The Bertz CT molecular complexity index is 176. The molecule has 0 aliphatic heterocycles. The second-order valence-electron chi connectivity index (χ2n) is 1.75. The lowest BCUT2D eigenvalue weighted by molar-refractivity contribution is -0.139. The van der Waals surface area contributed by atoms with E-state index in [2.05, 4.69) is 6.58 Å². The number of rotatable bonds is 3. The van der Waals surface area contributed by atoms with Crippen molar-refractivity contribution >= 4 is 23.5 Å². The fourth-order valence-corrected chi connectivity index (χ4v) is 0.258. The van der Waals surface area contributed by atoms with E-state index in [0.29, 0.717) is 0 Å². The lowest BCUT2D eigenvalue weighted by Crippen LogP contribution is -2.04. The molecule has 0 amide bonds. The van der Waals surface area contributed by atoms with E-state index < -0.39 is 18.4 Å². The van der Waals surface area contributed by atoms with Crippen LogP contribution in [0.2, 0.25) is 0 Å². The topological polar surface area (TPSA) is 74.6 Å². The zero-order valence-corrected chi connectivity index (χ0v) is 7.47. The highest BCUT2D eigenvalue weighted by molar-refractivity contribution is 6.17. The SMILES string of the molecule is C=C(CC(=O)O)C(=O)O.CCCl. The fourth-order valence-electron chi connectivity index (χ4n) is 0.258. The smallest absolute Gasteiger partial charge is 0.331 e. The Morgan fingerprint density at radius 2 is 1.75 bits per heavy atom. The molecule has 0 aliphatic carbocycles. The normalized spacial score (nSPS) is 7.83. The average molecular weight is 195 g/mol. The van der Waals surface area contributed by atoms with Crippen LogP contribution in [0.3, 0.4) is 0 Å². The molecule has 0 unspecified atom stereocenters. The summed E-state index contributed by atoms with van der Waals surface area (Å²) in [4.78, 5) is 19.7. The molecule has 0 rings (SSSR count). The molecule has 0 radical (unpaired) electrons. The van der Waals surface area contributed by atoms with E-state index in [1.807, 2.05) is 6.92 Å². The van der Waals surface area contributed by atoms with Gasteiger partial charge in [0.2, 0.25) is 0 Å². The van der Waals surface area contributed by atoms with Gasteiger partial charge in [-0.3, -0.25) is 4.79 Å². The summed E-state index contributed by atoms with van der Waals surface area (Å²) in [6.45, 7) is 4.90. The zero-order valence-electron chi connectivity index (χ0n) is 6.71. The van der Waals surface area contributed by atoms with Gasteiger partial charge in [0.25, 0.3) is 0 Å². The third-order valence-electron chi connectivity index (χ3n) is 0.667. The molecule has 0 fully saturated rings. The predicted molar refractivity (Wildman–Crippen MR) is 45.4 cm³/mol. The van der Waals surface area contributed by atoms with E-state index >= 15 is 0 Å². The van der Waals surface area contributed by atoms with Gasteiger partial charge in [0, 0.05) is 11.5 Å². The van der Waals surface area contributed by atoms with Gasteiger partial charge in [-0.05, 0) is 0 Å². The van der Waals surface area contributed by atoms with Gasteiger partial charge in [0.05, 0.1) is 6.42 Å². The van der Waals surface area contributed by atoms with Crippen LogP contribution in [0.25, 0.3) is 0 Å². The second kappa shape index (κ2) is 8.07. The molecule has 0 aromatic heterocycles. The summed E-state index contributed by atoms with van der Waals surface area (Å²) in [6.07, 6.45) is -0.505. The summed E-state index contributed by atoms with van der Waals surface area (Å²) >= 11 is 5.00. The molecule has 4 nitrogen and oxygen atoms in total.